The summed E-state index contributed by atoms with van der Waals surface area (Å²) in [5.41, 5.74) is 1.43. The average Bonchev–Trinajstić information content (AvgIpc) is 2.20. The zero-order valence-corrected chi connectivity index (χ0v) is 11.4. The van der Waals surface area contributed by atoms with Crippen molar-refractivity contribution in [1.82, 2.24) is 0 Å². The number of hydrogen-bond donors (Lipinski definition) is 0. The number of hydrogen-bond acceptors (Lipinski definition) is 0. The maximum Gasteiger partial charge on any atom is 0.127 e. The van der Waals surface area contributed by atoms with Gasteiger partial charge in [0.15, 0.2) is 0 Å². The summed E-state index contributed by atoms with van der Waals surface area (Å²) in [6, 6.07) is 3.09. The van der Waals surface area contributed by atoms with Gasteiger partial charge in [0.2, 0.25) is 0 Å². The van der Waals surface area contributed by atoms with E-state index in [0.29, 0.717) is 16.5 Å². The molecule has 0 fully saturated rings. The van der Waals surface area contributed by atoms with Crippen LogP contribution in [-0.2, 0) is 0 Å². The Morgan fingerprint density at radius 1 is 1.25 bits per heavy atom. The van der Waals surface area contributed by atoms with Crippen LogP contribution in [0.2, 0.25) is 5.02 Å². The Bertz CT molecular complexity index is 361. The van der Waals surface area contributed by atoms with Gasteiger partial charge in [0.25, 0.3) is 0 Å². The third-order valence-corrected chi connectivity index (χ3v) is 3.39. The van der Waals surface area contributed by atoms with Crippen molar-refractivity contribution in [3.63, 3.8) is 0 Å². The smallest absolute Gasteiger partial charge is 0.127 e. The highest BCUT2D eigenvalue weighted by molar-refractivity contribution is 6.32. The van der Waals surface area contributed by atoms with Crippen molar-refractivity contribution >= 4 is 23.2 Å². The summed E-state index contributed by atoms with van der Waals surface area (Å²) in [7, 11) is 0. The zero-order valence-electron chi connectivity index (χ0n) is 9.86. The molecular weight excluding hydrogens is 246 g/mol. The molecule has 1 atom stereocenters. The zero-order chi connectivity index (χ0) is 12.3. The van der Waals surface area contributed by atoms with Crippen LogP contribution in [0.15, 0.2) is 12.1 Å². The number of rotatable bonds is 4. The van der Waals surface area contributed by atoms with Gasteiger partial charge in [0.05, 0.1) is 5.38 Å². The van der Waals surface area contributed by atoms with Crippen molar-refractivity contribution in [2.75, 3.05) is 0 Å². The van der Waals surface area contributed by atoms with Crippen LogP contribution in [0.25, 0.3) is 0 Å². The molecule has 0 bridgehead atoms. The van der Waals surface area contributed by atoms with Gasteiger partial charge >= 0.3 is 0 Å². The van der Waals surface area contributed by atoms with Crippen molar-refractivity contribution in [2.24, 2.45) is 5.92 Å². The molecule has 0 radical (unpaired) electrons. The predicted molar refractivity (Wildman–Crippen MR) is 68.8 cm³/mol. The summed E-state index contributed by atoms with van der Waals surface area (Å²) in [5, 5.41) is 0.293. The normalized spacial score (nSPS) is 13.2. The Kier molecular flexibility index (Phi) is 5.07. The highest BCUT2D eigenvalue weighted by Gasteiger charge is 2.14. The fourth-order valence-corrected chi connectivity index (χ4v) is 2.20. The van der Waals surface area contributed by atoms with Crippen LogP contribution >= 0.6 is 23.2 Å². The van der Waals surface area contributed by atoms with E-state index in [9.17, 15) is 4.39 Å². The van der Waals surface area contributed by atoms with E-state index >= 15 is 0 Å². The van der Waals surface area contributed by atoms with Crippen LogP contribution in [0, 0.1) is 18.7 Å². The molecule has 0 saturated carbocycles. The van der Waals surface area contributed by atoms with Gasteiger partial charge in [0, 0.05) is 5.02 Å². The lowest BCUT2D eigenvalue weighted by Crippen LogP contribution is -1.97. The van der Waals surface area contributed by atoms with Crippen molar-refractivity contribution in [2.45, 2.75) is 39.0 Å². The molecule has 0 amide bonds. The molecule has 0 aliphatic heterocycles. The first-order valence-electron chi connectivity index (χ1n) is 5.51. The summed E-state index contributed by atoms with van der Waals surface area (Å²) in [5.74, 6) is 0.336. The van der Waals surface area contributed by atoms with Gasteiger partial charge in [-0.2, -0.15) is 0 Å². The van der Waals surface area contributed by atoms with Crippen LogP contribution in [0.5, 0.6) is 0 Å². The second-order valence-electron chi connectivity index (χ2n) is 4.56. The van der Waals surface area contributed by atoms with Crippen LogP contribution < -0.4 is 0 Å². The molecule has 1 unspecified atom stereocenters. The molecule has 1 aromatic rings. The molecule has 16 heavy (non-hydrogen) atoms. The van der Waals surface area contributed by atoms with Crippen molar-refractivity contribution in [1.29, 1.82) is 0 Å². The van der Waals surface area contributed by atoms with Gasteiger partial charge in [-0.15, -0.1) is 11.6 Å². The Labute approximate surface area is 107 Å². The average molecular weight is 263 g/mol. The van der Waals surface area contributed by atoms with Crippen LogP contribution in [0.3, 0.4) is 0 Å². The van der Waals surface area contributed by atoms with Crippen LogP contribution in [0.4, 0.5) is 4.39 Å². The summed E-state index contributed by atoms with van der Waals surface area (Å²) in [6.07, 6.45) is 1.91. The molecule has 0 spiro atoms. The van der Waals surface area contributed by atoms with E-state index in [0.717, 1.165) is 18.4 Å². The van der Waals surface area contributed by atoms with Gasteiger partial charge in [0.1, 0.15) is 5.82 Å². The Balaban J connectivity index is 2.82. The molecule has 1 aromatic carbocycles. The van der Waals surface area contributed by atoms with Crippen LogP contribution in [-0.4, -0.2) is 0 Å². The number of alkyl halides is 1. The molecule has 90 valence electrons. The number of aryl methyl sites for hydroxylation is 1. The SMILES string of the molecule is Cc1cc(C(Cl)CCC(C)C)c(Cl)cc1F. The van der Waals surface area contributed by atoms with E-state index in [-0.39, 0.29) is 11.2 Å². The lowest BCUT2D eigenvalue weighted by molar-refractivity contribution is 0.548. The van der Waals surface area contributed by atoms with E-state index < -0.39 is 0 Å². The van der Waals surface area contributed by atoms with E-state index in [1.807, 2.05) is 0 Å². The predicted octanol–water partition coefficient (Wildman–Crippen LogP) is 5.50. The summed E-state index contributed by atoms with van der Waals surface area (Å²) >= 11 is 12.3. The van der Waals surface area contributed by atoms with Gasteiger partial charge in [-0.1, -0.05) is 31.5 Å². The molecule has 0 N–H and O–H groups in total. The molecular formula is C13H17Cl2F. The summed E-state index contributed by atoms with van der Waals surface area (Å²) < 4.78 is 13.2. The number of halogens is 3. The minimum atomic E-state index is -0.276. The minimum absolute atomic E-state index is 0.130. The van der Waals surface area contributed by atoms with Gasteiger partial charge in [-0.05, 0) is 42.9 Å². The highest BCUT2D eigenvalue weighted by atomic mass is 35.5. The number of benzene rings is 1. The van der Waals surface area contributed by atoms with E-state index in [4.69, 9.17) is 23.2 Å². The fourth-order valence-electron chi connectivity index (χ4n) is 1.55. The molecule has 3 heteroatoms. The highest BCUT2D eigenvalue weighted by Crippen LogP contribution is 2.33. The van der Waals surface area contributed by atoms with Crippen molar-refractivity contribution in [3.05, 3.63) is 34.1 Å². The monoisotopic (exact) mass is 262 g/mol. The molecule has 1 rings (SSSR count). The van der Waals surface area contributed by atoms with Gasteiger partial charge in [-0.3, -0.25) is 0 Å². The maximum absolute atomic E-state index is 13.2. The van der Waals surface area contributed by atoms with Crippen LogP contribution in [0.1, 0.15) is 43.2 Å². The first-order chi connectivity index (χ1) is 7.41. The molecule has 0 aromatic heterocycles. The van der Waals surface area contributed by atoms with Crippen molar-refractivity contribution < 1.29 is 4.39 Å². The summed E-state index contributed by atoms with van der Waals surface area (Å²) in [6.45, 7) is 6.03. The fraction of sp³-hybridized carbons (Fsp3) is 0.538. The van der Waals surface area contributed by atoms with Crippen molar-refractivity contribution in [3.8, 4) is 0 Å². The third kappa shape index (κ3) is 3.64. The molecule has 0 saturated heterocycles. The first-order valence-corrected chi connectivity index (χ1v) is 6.33. The maximum atomic E-state index is 13.2. The standard InChI is InChI=1S/C13H17Cl2F/c1-8(2)4-5-11(14)10-6-9(3)13(16)7-12(10)15/h6-8,11H,4-5H2,1-3H3. The molecule has 0 heterocycles. The lowest BCUT2D eigenvalue weighted by atomic mass is 10.0. The second-order valence-corrected chi connectivity index (χ2v) is 5.50. The third-order valence-electron chi connectivity index (χ3n) is 2.61. The quantitative estimate of drug-likeness (QED) is 0.629. The summed E-state index contributed by atoms with van der Waals surface area (Å²) in [4.78, 5) is 0. The lowest BCUT2D eigenvalue weighted by Gasteiger charge is -2.14. The largest absolute Gasteiger partial charge is 0.207 e. The Hall–Kier alpha value is -0.270. The second kappa shape index (κ2) is 5.88. The molecule has 0 aliphatic rings. The topological polar surface area (TPSA) is 0 Å². The van der Waals surface area contributed by atoms with E-state index in [1.54, 1.807) is 13.0 Å². The Morgan fingerprint density at radius 2 is 1.88 bits per heavy atom. The van der Waals surface area contributed by atoms with E-state index in [1.165, 1.54) is 6.07 Å². The first kappa shape index (κ1) is 13.8. The minimum Gasteiger partial charge on any atom is -0.207 e. The van der Waals surface area contributed by atoms with E-state index in [2.05, 4.69) is 13.8 Å². The van der Waals surface area contributed by atoms with Gasteiger partial charge in [-0.25, -0.2) is 4.39 Å². The van der Waals surface area contributed by atoms with Gasteiger partial charge < -0.3 is 0 Å². The molecule has 0 nitrogen and oxygen atoms in total. The molecule has 0 aliphatic carbocycles. The Morgan fingerprint density at radius 3 is 2.44 bits per heavy atom.